The van der Waals surface area contributed by atoms with Crippen molar-refractivity contribution >= 4 is 21.6 Å². The Hall–Kier alpha value is -1.40. The van der Waals surface area contributed by atoms with Gasteiger partial charge in [-0.25, -0.2) is 13.1 Å². The summed E-state index contributed by atoms with van der Waals surface area (Å²) in [5.74, 6) is 0.0175. The fraction of sp³-hybridized carbons (Fsp3) is 0.682. The smallest absolute Gasteiger partial charge is 0.227 e. The molecular weight excluding hydrogens is 372 g/mol. The predicted molar refractivity (Wildman–Crippen MR) is 114 cm³/mol. The van der Waals surface area contributed by atoms with Gasteiger partial charge in [-0.2, -0.15) is 0 Å². The molecule has 2 aliphatic carbocycles. The molecule has 0 aromatic heterocycles. The third-order valence-corrected chi connectivity index (χ3v) is 9.45. The predicted octanol–water partition coefficient (Wildman–Crippen LogP) is 4.17. The van der Waals surface area contributed by atoms with Crippen LogP contribution >= 0.6 is 0 Å². The molecule has 1 fully saturated rings. The third kappa shape index (κ3) is 4.43. The van der Waals surface area contributed by atoms with Crippen LogP contribution in [0.4, 0.5) is 5.69 Å². The average molecular weight is 407 g/mol. The van der Waals surface area contributed by atoms with Crippen LogP contribution in [0.15, 0.2) is 18.2 Å². The molecule has 0 unspecified atom stereocenters. The number of aryl methyl sites for hydroxylation is 2. The topological polar surface area (TPSA) is 75.3 Å². The molecule has 28 heavy (non-hydrogen) atoms. The summed E-state index contributed by atoms with van der Waals surface area (Å²) in [5, 5.41) is 3.07. The molecule has 5 nitrogen and oxygen atoms in total. The van der Waals surface area contributed by atoms with Crippen LogP contribution in [0.3, 0.4) is 0 Å². The zero-order chi connectivity index (χ0) is 20.4. The molecule has 2 aliphatic rings. The van der Waals surface area contributed by atoms with E-state index in [2.05, 4.69) is 22.2 Å². The first-order valence-electron chi connectivity index (χ1n) is 10.7. The first-order chi connectivity index (χ1) is 13.3. The largest absolute Gasteiger partial charge is 0.326 e. The summed E-state index contributed by atoms with van der Waals surface area (Å²) in [6.07, 6.45) is 7.49. The van der Waals surface area contributed by atoms with Gasteiger partial charge in [-0.1, -0.05) is 19.9 Å². The normalized spacial score (nSPS) is 22.7. The fourth-order valence-electron chi connectivity index (χ4n) is 4.36. The number of hydrogen-bond acceptors (Lipinski definition) is 3. The van der Waals surface area contributed by atoms with Crippen molar-refractivity contribution in [2.45, 2.75) is 89.3 Å². The van der Waals surface area contributed by atoms with Crippen molar-refractivity contribution in [3.63, 3.8) is 0 Å². The summed E-state index contributed by atoms with van der Waals surface area (Å²) >= 11 is 0. The Labute approximate surface area is 169 Å². The average Bonchev–Trinajstić information content (AvgIpc) is 3.15. The van der Waals surface area contributed by atoms with Crippen molar-refractivity contribution in [2.24, 2.45) is 5.92 Å². The SMILES string of the molecule is CCC(C)(CC)S(=O)(=O)N[C@H]1CC[C@H](C(=O)Nc2ccc3c(c2)CCC3)CC1. The minimum atomic E-state index is -3.36. The minimum Gasteiger partial charge on any atom is -0.326 e. The van der Waals surface area contributed by atoms with Crippen LogP contribution in [0.5, 0.6) is 0 Å². The quantitative estimate of drug-likeness (QED) is 0.713. The summed E-state index contributed by atoms with van der Waals surface area (Å²) in [6.45, 7) is 5.65. The highest BCUT2D eigenvalue weighted by Crippen LogP contribution is 2.30. The van der Waals surface area contributed by atoms with Gasteiger partial charge in [0.15, 0.2) is 0 Å². The first-order valence-corrected chi connectivity index (χ1v) is 12.2. The maximum Gasteiger partial charge on any atom is 0.227 e. The van der Waals surface area contributed by atoms with Crippen molar-refractivity contribution in [1.29, 1.82) is 0 Å². The Morgan fingerprint density at radius 2 is 1.71 bits per heavy atom. The summed E-state index contributed by atoms with van der Waals surface area (Å²) in [6, 6.07) is 6.17. The molecule has 2 N–H and O–H groups in total. The number of nitrogens with one attached hydrogen (secondary N) is 2. The first kappa shape index (κ1) is 21.3. The summed E-state index contributed by atoms with van der Waals surface area (Å²) in [7, 11) is -3.36. The highest BCUT2D eigenvalue weighted by atomic mass is 32.2. The molecule has 1 aromatic rings. The van der Waals surface area contributed by atoms with Crippen LogP contribution in [0.2, 0.25) is 0 Å². The van der Waals surface area contributed by atoms with E-state index in [1.807, 2.05) is 26.8 Å². The van der Waals surface area contributed by atoms with E-state index in [4.69, 9.17) is 0 Å². The van der Waals surface area contributed by atoms with Gasteiger partial charge < -0.3 is 5.32 Å². The number of fused-ring (bicyclic) bond motifs is 1. The van der Waals surface area contributed by atoms with Crippen molar-refractivity contribution in [2.75, 3.05) is 5.32 Å². The Kier molecular flexibility index (Phi) is 6.50. The van der Waals surface area contributed by atoms with Crippen molar-refractivity contribution in [3.8, 4) is 0 Å². The maximum absolute atomic E-state index is 12.7. The highest BCUT2D eigenvalue weighted by Gasteiger charge is 2.38. The standard InChI is InChI=1S/C22H34N2O3S/c1-4-22(3,5-2)28(26,27)24-19-12-10-17(11-13-19)21(25)23-20-14-9-16-7-6-8-18(16)15-20/h9,14-15,17,19,24H,4-8,10-13H2,1-3H3,(H,23,25)/t17-,19-. The Balaban J connectivity index is 1.53. The molecule has 0 aliphatic heterocycles. The molecular formula is C22H34N2O3S. The van der Waals surface area contributed by atoms with E-state index in [1.54, 1.807) is 0 Å². The Bertz CT molecular complexity index is 807. The number of carbonyl (C=O) groups excluding carboxylic acids is 1. The highest BCUT2D eigenvalue weighted by molar-refractivity contribution is 7.90. The van der Waals surface area contributed by atoms with E-state index in [0.29, 0.717) is 25.7 Å². The second-order valence-corrected chi connectivity index (χ2v) is 10.9. The van der Waals surface area contributed by atoms with Crippen LogP contribution in [0.25, 0.3) is 0 Å². The summed E-state index contributed by atoms with van der Waals surface area (Å²) in [5.41, 5.74) is 3.64. The van der Waals surface area contributed by atoms with Crippen LogP contribution in [0.1, 0.15) is 76.8 Å². The zero-order valence-corrected chi connectivity index (χ0v) is 18.2. The van der Waals surface area contributed by atoms with Gasteiger partial charge in [0, 0.05) is 17.6 Å². The van der Waals surface area contributed by atoms with Gasteiger partial charge in [0.25, 0.3) is 0 Å². The zero-order valence-electron chi connectivity index (χ0n) is 17.4. The summed E-state index contributed by atoms with van der Waals surface area (Å²) in [4.78, 5) is 12.7. The number of anilines is 1. The van der Waals surface area contributed by atoms with E-state index in [9.17, 15) is 13.2 Å². The van der Waals surface area contributed by atoms with E-state index in [-0.39, 0.29) is 17.9 Å². The van der Waals surface area contributed by atoms with Crippen LogP contribution < -0.4 is 10.0 Å². The molecule has 0 atom stereocenters. The number of benzene rings is 1. The molecule has 0 saturated heterocycles. The molecule has 1 amide bonds. The van der Waals surface area contributed by atoms with E-state index in [0.717, 1.165) is 31.4 Å². The van der Waals surface area contributed by atoms with E-state index >= 15 is 0 Å². The molecule has 1 aromatic carbocycles. The molecule has 6 heteroatoms. The van der Waals surface area contributed by atoms with Crippen LogP contribution in [0, 0.1) is 5.92 Å². The van der Waals surface area contributed by atoms with Gasteiger partial charge in [-0.05, 0) is 88.0 Å². The molecule has 0 heterocycles. The molecule has 3 rings (SSSR count). The van der Waals surface area contributed by atoms with Gasteiger partial charge >= 0.3 is 0 Å². The lowest BCUT2D eigenvalue weighted by Crippen LogP contribution is -2.48. The second kappa shape index (κ2) is 8.54. The lowest BCUT2D eigenvalue weighted by atomic mass is 9.86. The van der Waals surface area contributed by atoms with E-state index < -0.39 is 14.8 Å². The van der Waals surface area contributed by atoms with Crippen molar-refractivity contribution < 1.29 is 13.2 Å². The van der Waals surface area contributed by atoms with Crippen LogP contribution in [-0.2, 0) is 27.7 Å². The van der Waals surface area contributed by atoms with Gasteiger partial charge in [0.05, 0.1) is 4.75 Å². The molecule has 0 spiro atoms. The second-order valence-electron chi connectivity index (χ2n) is 8.65. The fourth-order valence-corrected chi connectivity index (χ4v) is 6.08. The number of rotatable bonds is 7. The number of amides is 1. The van der Waals surface area contributed by atoms with E-state index in [1.165, 1.54) is 17.5 Å². The minimum absolute atomic E-state index is 0.0438. The monoisotopic (exact) mass is 406 g/mol. The third-order valence-electron chi connectivity index (χ3n) is 6.93. The number of sulfonamides is 1. The number of carbonyl (C=O) groups is 1. The Morgan fingerprint density at radius 1 is 1.07 bits per heavy atom. The maximum atomic E-state index is 12.7. The van der Waals surface area contributed by atoms with Crippen molar-refractivity contribution in [1.82, 2.24) is 4.72 Å². The van der Waals surface area contributed by atoms with Gasteiger partial charge in [-0.15, -0.1) is 0 Å². The lowest BCUT2D eigenvalue weighted by molar-refractivity contribution is -0.120. The van der Waals surface area contributed by atoms with Gasteiger partial charge in [0.1, 0.15) is 0 Å². The van der Waals surface area contributed by atoms with Crippen molar-refractivity contribution in [3.05, 3.63) is 29.3 Å². The molecule has 156 valence electrons. The van der Waals surface area contributed by atoms with Gasteiger partial charge in [-0.3, -0.25) is 4.79 Å². The lowest BCUT2D eigenvalue weighted by Gasteiger charge is -2.33. The summed E-state index contributed by atoms with van der Waals surface area (Å²) < 4.78 is 27.7. The molecule has 1 saturated carbocycles. The Morgan fingerprint density at radius 3 is 2.36 bits per heavy atom. The van der Waals surface area contributed by atoms with Gasteiger partial charge in [0.2, 0.25) is 15.9 Å². The molecule has 0 radical (unpaired) electrons. The van der Waals surface area contributed by atoms with Crippen LogP contribution in [-0.4, -0.2) is 25.1 Å². The molecule has 0 bridgehead atoms. The number of hydrogen-bond donors (Lipinski definition) is 2.